The van der Waals surface area contributed by atoms with E-state index in [4.69, 9.17) is 4.74 Å². The fourth-order valence-electron chi connectivity index (χ4n) is 2.26. The highest BCUT2D eigenvalue weighted by molar-refractivity contribution is 5.76. The van der Waals surface area contributed by atoms with Crippen LogP contribution in [0.5, 0.6) is 5.75 Å². The van der Waals surface area contributed by atoms with Crippen molar-refractivity contribution in [3.05, 3.63) is 71.8 Å². The Morgan fingerprint density at radius 3 is 2.20 bits per heavy atom. The van der Waals surface area contributed by atoms with Crippen molar-refractivity contribution in [3.8, 4) is 5.75 Å². The summed E-state index contributed by atoms with van der Waals surface area (Å²) in [5, 5.41) is 0. The molecule has 1 nitrogen and oxygen atoms in total. The third-order valence-corrected chi connectivity index (χ3v) is 3.18. The van der Waals surface area contributed by atoms with Gasteiger partial charge in [-0.1, -0.05) is 48.5 Å². The van der Waals surface area contributed by atoms with Crippen LogP contribution in [0.25, 0.3) is 5.57 Å². The van der Waals surface area contributed by atoms with Crippen LogP contribution in [0.4, 0.5) is 13.2 Å². The first-order valence-electron chi connectivity index (χ1n) is 6.16. The molecule has 0 spiro atoms. The quantitative estimate of drug-likeness (QED) is 0.729. The molecule has 2 aromatic rings. The van der Waals surface area contributed by atoms with Gasteiger partial charge in [-0.3, -0.25) is 0 Å². The monoisotopic (exact) mass is 276 g/mol. The van der Waals surface area contributed by atoms with Gasteiger partial charge in [-0.15, -0.1) is 0 Å². The molecule has 0 N–H and O–H groups in total. The number of rotatable bonds is 1. The lowest BCUT2D eigenvalue weighted by Gasteiger charge is -2.26. The summed E-state index contributed by atoms with van der Waals surface area (Å²) in [6, 6.07) is 15.1. The molecule has 20 heavy (non-hydrogen) atoms. The predicted octanol–water partition coefficient (Wildman–Crippen LogP) is 4.77. The third kappa shape index (κ3) is 2.29. The lowest BCUT2D eigenvalue weighted by Crippen LogP contribution is -2.19. The number of alkyl halides is 3. The average Bonchev–Trinajstić information content (AvgIpc) is 2.46. The van der Waals surface area contributed by atoms with Crippen LogP contribution in [0.1, 0.15) is 17.2 Å². The third-order valence-electron chi connectivity index (χ3n) is 3.18. The summed E-state index contributed by atoms with van der Waals surface area (Å²) in [6.07, 6.45) is -3.98. The van der Waals surface area contributed by atoms with Crippen molar-refractivity contribution < 1.29 is 17.9 Å². The molecule has 0 bridgehead atoms. The Balaban J connectivity index is 2.10. The van der Waals surface area contributed by atoms with Crippen LogP contribution < -0.4 is 4.74 Å². The minimum absolute atomic E-state index is 0.0900. The average molecular weight is 276 g/mol. The van der Waals surface area contributed by atoms with Gasteiger partial charge >= 0.3 is 6.18 Å². The maximum atomic E-state index is 13.2. The Morgan fingerprint density at radius 2 is 1.50 bits per heavy atom. The molecule has 2 aromatic carbocycles. The van der Waals surface area contributed by atoms with E-state index >= 15 is 0 Å². The van der Waals surface area contributed by atoms with Gasteiger partial charge in [-0.05, 0) is 17.7 Å². The normalized spacial score (nSPS) is 17.9. The van der Waals surface area contributed by atoms with Crippen LogP contribution in [-0.2, 0) is 0 Å². The van der Waals surface area contributed by atoms with E-state index in [2.05, 4.69) is 0 Å². The zero-order valence-corrected chi connectivity index (χ0v) is 10.4. The fraction of sp³-hybridized carbons (Fsp3) is 0.125. The van der Waals surface area contributed by atoms with Crippen LogP contribution in [0.2, 0.25) is 0 Å². The molecular weight excluding hydrogens is 265 g/mol. The highest BCUT2D eigenvalue weighted by atomic mass is 19.4. The molecule has 0 aromatic heterocycles. The first kappa shape index (κ1) is 12.8. The second kappa shape index (κ2) is 4.71. The van der Waals surface area contributed by atoms with Gasteiger partial charge in [-0.2, -0.15) is 13.2 Å². The number of halogens is 3. The Morgan fingerprint density at radius 1 is 0.850 bits per heavy atom. The second-order valence-electron chi connectivity index (χ2n) is 4.52. The molecule has 1 unspecified atom stereocenters. The number of hydrogen-bond acceptors (Lipinski definition) is 1. The van der Waals surface area contributed by atoms with Gasteiger partial charge in [0, 0.05) is 5.56 Å². The Kier molecular flexibility index (Phi) is 3.01. The minimum atomic E-state index is -4.40. The molecule has 1 aliphatic heterocycles. The summed E-state index contributed by atoms with van der Waals surface area (Å²) in [7, 11) is 0. The first-order chi connectivity index (χ1) is 9.55. The number of para-hydroxylation sites is 1. The van der Waals surface area contributed by atoms with Crippen LogP contribution in [0.3, 0.4) is 0 Å². The number of benzene rings is 2. The Bertz CT molecular complexity index is 644. The molecule has 3 rings (SSSR count). The summed E-state index contributed by atoms with van der Waals surface area (Å²) < 4.78 is 45.2. The summed E-state index contributed by atoms with van der Waals surface area (Å²) in [5.41, 5.74) is 0.143. The van der Waals surface area contributed by atoms with E-state index in [-0.39, 0.29) is 11.3 Å². The fourth-order valence-corrected chi connectivity index (χ4v) is 2.26. The van der Waals surface area contributed by atoms with Crippen LogP contribution in [0.15, 0.2) is 60.7 Å². The standard InChI is InChI=1S/C16H11F3O/c17-16(18,19)13-10-15(11-6-2-1-3-7-11)20-14-9-5-4-8-12(13)14/h1-10,15H. The van der Waals surface area contributed by atoms with E-state index in [1.54, 1.807) is 42.5 Å². The van der Waals surface area contributed by atoms with Gasteiger partial charge in [-0.25, -0.2) is 0 Å². The zero-order chi connectivity index (χ0) is 14.2. The van der Waals surface area contributed by atoms with Crippen molar-refractivity contribution in [2.24, 2.45) is 0 Å². The maximum absolute atomic E-state index is 13.2. The molecule has 0 amide bonds. The smallest absolute Gasteiger partial charge is 0.416 e. The highest BCUT2D eigenvalue weighted by Gasteiger charge is 2.39. The van der Waals surface area contributed by atoms with Crippen molar-refractivity contribution in [1.29, 1.82) is 0 Å². The molecular formula is C16H11F3O. The van der Waals surface area contributed by atoms with Crippen molar-refractivity contribution in [2.75, 3.05) is 0 Å². The summed E-state index contributed by atoms with van der Waals surface area (Å²) in [4.78, 5) is 0. The number of ether oxygens (including phenoxy) is 1. The second-order valence-corrected chi connectivity index (χ2v) is 4.52. The SMILES string of the molecule is FC(F)(F)C1=CC(c2ccccc2)Oc2ccccc21. The molecule has 0 saturated carbocycles. The van der Waals surface area contributed by atoms with Gasteiger partial charge in [0.1, 0.15) is 11.9 Å². The molecule has 0 aliphatic carbocycles. The van der Waals surface area contributed by atoms with Crippen LogP contribution >= 0.6 is 0 Å². The van der Waals surface area contributed by atoms with Crippen molar-refractivity contribution >= 4 is 5.57 Å². The first-order valence-corrected chi connectivity index (χ1v) is 6.16. The molecule has 0 radical (unpaired) electrons. The highest BCUT2D eigenvalue weighted by Crippen LogP contribution is 2.44. The van der Waals surface area contributed by atoms with E-state index in [9.17, 15) is 13.2 Å². The van der Waals surface area contributed by atoms with Gasteiger partial charge in [0.15, 0.2) is 0 Å². The van der Waals surface area contributed by atoms with E-state index in [1.807, 2.05) is 6.07 Å². The molecule has 1 atom stereocenters. The molecule has 1 heterocycles. The van der Waals surface area contributed by atoms with Gasteiger partial charge in [0.2, 0.25) is 0 Å². The van der Waals surface area contributed by atoms with Crippen LogP contribution in [0, 0.1) is 0 Å². The summed E-state index contributed by atoms with van der Waals surface area (Å²) >= 11 is 0. The van der Waals surface area contributed by atoms with E-state index in [0.29, 0.717) is 5.56 Å². The Hall–Kier alpha value is -2.23. The van der Waals surface area contributed by atoms with Gasteiger partial charge in [0.25, 0.3) is 0 Å². The van der Waals surface area contributed by atoms with Gasteiger partial charge in [0.05, 0.1) is 5.57 Å². The van der Waals surface area contributed by atoms with E-state index in [1.165, 1.54) is 6.07 Å². The van der Waals surface area contributed by atoms with Crippen molar-refractivity contribution in [2.45, 2.75) is 12.3 Å². The maximum Gasteiger partial charge on any atom is 0.416 e. The topological polar surface area (TPSA) is 9.23 Å². The number of hydrogen-bond donors (Lipinski definition) is 0. The summed E-state index contributed by atoms with van der Waals surface area (Å²) in [6.45, 7) is 0. The van der Waals surface area contributed by atoms with E-state index in [0.717, 1.165) is 6.08 Å². The largest absolute Gasteiger partial charge is 0.481 e. The van der Waals surface area contributed by atoms with Gasteiger partial charge < -0.3 is 4.74 Å². The zero-order valence-electron chi connectivity index (χ0n) is 10.4. The van der Waals surface area contributed by atoms with Crippen molar-refractivity contribution in [3.63, 3.8) is 0 Å². The molecule has 0 fully saturated rings. The summed E-state index contributed by atoms with van der Waals surface area (Å²) in [5.74, 6) is 0.260. The van der Waals surface area contributed by atoms with E-state index < -0.39 is 17.9 Å². The molecule has 1 aliphatic rings. The lowest BCUT2D eigenvalue weighted by molar-refractivity contribution is -0.0701. The molecule has 0 saturated heterocycles. The number of allylic oxidation sites excluding steroid dienone is 1. The molecule has 4 heteroatoms. The number of fused-ring (bicyclic) bond motifs is 1. The predicted molar refractivity (Wildman–Crippen MR) is 70.3 cm³/mol. The van der Waals surface area contributed by atoms with Crippen LogP contribution in [-0.4, -0.2) is 6.18 Å². The van der Waals surface area contributed by atoms with Crippen molar-refractivity contribution in [1.82, 2.24) is 0 Å². The minimum Gasteiger partial charge on any atom is -0.481 e. The lowest BCUT2D eigenvalue weighted by atomic mass is 9.97. The Labute approximate surface area is 114 Å². The molecule has 102 valence electrons.